The van der Waals surface area contributed by atoms with Gasteiger partial charge in [-0.15, -0.1) is 0 Å². The maximum absolute atomic E-state index is 13.8. The van der Waals surface area contributed by atoms with E-state index in [9.17, 15) is 9.50 Å². The summed E-state index contributed by atoms with van der Waals surface area (Å²) in [5.41, 5.74) is 0.474. The molecule has 0 unspecified atom stereocenters. The van der Waals surface area contributed by atoms with Crippen LogP contribution in [0.5, 0.6) is 11.5 Å². The number of hydrogen-bond donors (Lipinski definition) is 1. The third kappa shape index (κ3) is 3.38. The molecule has 2 aromatic carbocycles. The van der Waals surface area contributed by atoms with E-state index >= 15 is 0 Å². The van der Waals surface area contributed by atoms with Gasteiger partial charge in [0.05, 0.1) is 11.1 Å². The number of ether oxygens (including phenoxy) is 1. The van der Waals surface area contributed by atoms with E-state index in [2.05, 4.69) is 0 Å². The average molecular weight is 301 g/mol. The van der Waals surface area contributed by atoms with Crippen molar-refractivity contribution in [2.45, 2.75) is 13.0 Å². The molecule has 0 saturated carbocycles. The maximum atomic E-state index is 13.8. The molecule has 0 fully saturated rings. The fourth-order valence-corrected chi connectivity index (χ4v) is 1.85. The molecular formula is C14H11Cl2FO2. The normalized spacial score (nSPS) is 12.3. The monoisotopic (exact) mass is 300 g/mol. The van der Waals surface area contributed by atoms with Crippen LogP contribution in [0.3, 0.4) is 0 Å². The Balaban J connectivity index is 2.31. The molecule has 0 bridgehead atoms. The summed E-state index contributed by atoms with van der Waals surface area (Å²) in [6, 6.07) is 8.94. The molecule has 100 valence electrons. The van der Waals surface area contributed by atoms with Gasteiger partial charge in [-0.1, -0.05) is 29.3 Å². The molecule has 0 aromatic heterocycles. The van der Waals surface area contributed by atoms with Crippen molar-refractivity contribution in [1.29, 1.82) is 0 Å². The highest BCUT2D eigenvalue weighted by Crippen LogP contribution is 2.33. The zero-order valence-corrected chi connectivity index (χ0v) is 11.5. The number of rotatable bonds is 3. The van der Waals surface area contributed by atoms with Crippen molar-refractivity contribution in [1.82, 2.24) is 0 Å². The zero-order valence-electron chi connectivity index (χ0n) is 10.0. The van der Waals surface area contributed by atoms with Crippen molar-refractivity contribution >= 4 is 23.2 Å². The third-order valence-corrected chi connectivity index (χ3v) is 3.10. The topological polar surface area (TPSA) is 29.5 Å². The molecule has 5 heteroatoms. The lowest BCUT2D eigenvalue weighted by atomic mass is 10.1. The van der Waals surface area contributed by atoms with E-state index in [0.717, 1.165) is 0 Å². The SMILES string of the molecule is C[C@@H](O)c1ccc(Oc2cc(Cl)ccc2Cl)c(F)c1. The molecule has 2 nitrogen and oxygen atoms in total. The lowest BCUT2D eigenvalue weighted by Crippen LogP contribution is -1.95. The molecule has 0 radical (unpaired) electrons. The van der Waals surface area contributed by atoms with Gasteiger partial charge in [0.2, 0.25) is 0 Å². The van der Waals surface area contributed by atoms with Gasteiger partial charge in [-0.2, -0.15) is 0 Å². The fourth-order valence-electron chi connectivity index (χ4n) is 1.53. The quantitative estimate of drug-likeness (QED) is 0.866. The van der Waals surface area contributed by atoms with Gasteiger partial charge >= 0.3 is 0 Å². The number of aliphatic hydroxyl groups excluding tert-OH is 1. The van der Waals surface area contributed by atoms with Gasteiger partial charge in [0.1, 0.15) is 5.75 Å². The smallest absolute Gasteiger partial charge is 0.166 e. The Morgan fingerprint density at radius 2 is 1.84 bits per heavy atom. The van der Waals surface area contributed by atoms with Crippen LogP contribution in [0, 0.1) is 5.82 Å². The van der Waals surface area contributed by atoms with E-state index in [1.807, 2.05) is 0 Å². The molecule has 1 atom stereocenters. The Morgan fingerprint density at radius 1 is 1.11 bits per heavy atom. The van der Waals surface area contributed by atoms with Crippen molar-refractivity contribution in [3.8, 4) is 11.5 Å². The predicted molar refractivity (Wildman–Crippen MR) is 73.6 cm³/mol. The van der Waals surface area contributed by atoms with Gasteiger partial charge in [-0.25, -0.2) is 4.39 Å². The van der Waals surface area contributed by atoms with Crippen LogP contribution in [0.4, 0.5) is 4.39 Å². The van der Waals surface area contributed by atoms with E-state index in [4.69, 9.17) is 27.9 Å². The second-order valence-corrected chi connectivity index (χ2v) is 4.89. The Morgan fingerprint density at radius 3 is 2.47 bits per heavy atom. The van der Waals surface area contributed by atoms with Gasteiger partial charge in [0.25, 0.3) is 0 Å². The van der Waals surface area contributed by atoms with Crippen molar-refractivity contribution in [3.63, 3.8) is 0 Å². The van der Waals surface area contributed by atoms with Crippen LogP contribution in [-0.2, 0) is 0 Å². The first-order valence-electron chi connectivity index (χ1n) is 5.58. The molecule has 1 N–H and O–H groups in total. The summed E-state index contributed by atoms with van der Waals surface area (Å²) in [6.07, 6.45) is -0.738. The van der Waals surface area contributed by atoms with Crippen LogP contribution in [0.25, 0.3) is 0 Å². The lowest BCUT2D eigenvalue weighted by molar-refractivity contribution is 0.198. The largest absolute Gasteiger partial charge is 0.453 e. The van der Waals surface area contributed by atoms with Crippen molar-refractivity contribution in [3.05, 3.63) is 57.8 Å². The summed E-state index contributed by atoms with van der Waals surface area (Å²) in [5, 5.41) is 10.1. The van der Waals surface area contributed by atoms with Crippen LogP contribution in [0.2, 0.25) is 10.0 Å². The Kier molecular flexibility index (Phi) is 4.30. The van der Waals surface area contributed by atoms with E-state index in [1.165, 1.54) is 18.2 Å². The third-order valence-electron chi connectivity index (χ3n) is 2.55. The Bertz CT molecular complexity index is 600. The Labute approximate surface area is 120 Å². The van der Waals surface area contributed by atoms with Gasteiger partial charge in [0.15, 0.2) is 11.6 Å². The van der Waals surface area contributed by atoms with E-state index < -0.39 is 11.9 Å². The van der Waals surface area contributed by atoms with Crippen LogP contribution in [0.1, 0.15) is 18.6 Å². The minimum absolute atomic E-state index is 0.0218. The van der Waals surface area contributed by atoms with Crippen molar-refractivity contribution in [2.75, 3.05) is 0 Å². The Hall–Kier alpha value is -1.29. The fraction of sp³-hybridized carbons (Fsp3) is 0.143. The number of benzene rings is 2. The molecule has 19 heavy (non-hydrogen) atoms. The minimum Gasteiger partial charge on any atom is -0.453 e. The first kappa shape index (κ1) is 14.1. The molecule has 2 aromatic rings. The predicted octanol–water partition coefficient (Wildman–Crippen LogP) is 4.98. The average Bonchev–Trinajstić information content (AvgIpc) is 2.36. The second kappa shape index (κ2) is 5.78. The van der Waals surface area contributed by atoms with Gasteiger partial charge in [0, 0.05) is 11.1 Å². The zero-order chi connectivity index (χ0) is 14.0. The molecule has 0 aliphatic heterocycles. The summed E-state index contributed by atoms with van der Waals surface area (Å²) >= 11 is 11.8. The summed E-state index contributed by atoms with van der Waals surface area (Å²) < 4.78 is 19.2. The molecule has 0 aliphatic carbocycles. The molecule has 0 spiro atoms. The number of aliphatic hydroxyl groups is 1. The summed E-state index contributed by atoms with van der Waals surface area (Å²) in [4.78, 5) is 0. The molecule has 0 saturated heterocycles. The maximum Gasteiger partial charge on any atom is 0.166 e. The van der Waals surface area contributed by atoms with Crippen LogP contribution in [0.15, 0.2) is 36.4 Å². The van der Waals surface area contributed by atoms with Crippen molar-refractivity contribution < 1.29 is 14.2 Å². The summed E-state index contributed by atoms with van der Waals surface area (Å²) in [7, 11) is 0. The number of hydrogen-bond acceptors (Lipinski definition) is 2. The van der Waals surface area contributed by atoms with E-state index in [1.54, 1.807) is 25.1 Å². The van der Waals surface area contributed by atoms with Crippen LogP contribution >= 0.6 is 23.2 Å². The molecule has 0 amide bonds. The molecule has 0 aliphatic rings. The minimum atomic E-state index is -0.738. The first-order chi connectivity index (χ1) is 8.97. The lowest BCUT2D eigenvalue weighted by Gasteiger charge is -2.11. The van der Waals surface area contributed by atoms with Gasteiger partial charge in [-0.3, -0.25) is 0 Å². The van der Waals surface area contributed by atoms with Gasteiger partial charge < -0.3 is 9.84 Å². The van der Waals surface area contributed by atoms with Crippen molar-refractivity contribution in [2.24, 2.45) is 0 Å². The summed E-state index contributed by atoms with van der Waals surface area (Å²) in [5.74, 6) is -0.277. The highest BCUT2D eigenvalue weighted by Gasteiger charge is 2.11. The molecular weight excluding hydrogens is 290 g/mol. The highest BCUT2D eigenvalue weighted by molar-refractivity contribution is 6.34. The van der Waals surface area contributed by atoms with E-state index in [-0.39, 0.29) is 11.5 Å². The second-order valence-electron chi connectivity index (χ2n) is 4.04. The first-order valence-corrected chi connectivity index (χ1v) is 6.33. The summed E-state index contributed by atoms with van der Waals surface area (Å²) in [6.45, 7) is 1.56. The molecule has 0 heterocycles. The van der Waals surface area contributed by atoms with Crippen LogP contribution < -0.4 is 4.74 Å². The standard InChI is InChI=1S/C14H11Cl2FO2/c1-8(18)9-2-5-13(12(17)6-9)19-14-7-10(15)3-4-11(14)16/h2-8,18H,1H3/t8-/m1/s1. The van der Waals surface area contributed by atoms with Gasteiger partial charge in [-0.05, 0) is 36.8 Å². The van der Waals surface area contributed by atoms with Crippen LogP contribution in [-0.4, -0.2) is 5.11 Å². The highest BCUT2D eigenvalue weighted by atomic mass is 35.5. The molecule has 2 rings (SSSR count). The van der Waals surface area contributed by atoms with E-state index in [0.29, 0.717) is 15.6 Å². The number of halogens is 3.